The molecule has 0 saturated heterocycles. The van der Waals surface area contributed by atoms with Crippen LogP contribution in [-0.4, -0.2) is 24.9 Å². The van der Waals surface area contributed by atoms with E-state index in [4.69, 9.17) is 0 Å². The number of hydrogen-bond acceptors (Lipinski definition) is 2. The minimum Gasteiger partial charge on any atom is -0.356 e. The van der Waals surface area contributed by atoms with E-state index in [-0.39, 0.29) is 17.5 Å². The second kappa shape index (κ2) is 6.76. The van der Waals surface area contributed by atoms with Crippen LogP contribution in [0, 0.1) is 11.3 Å². The van der Waals surface area contributed by atoms with Crippen LogP contribution in [0.25, 0.3) is 0 Å². The van der Waals surface area contributed by atoms with Gasteiger partial charge in [-0.15, -0.1) is 0 Å². The van der Waals surface area contributed by atoms with Crippen LogP contribution in [0.2, 0.25) is 0 Å². The summed E-state index contributed by atoms with van der Waals surface area (Å²) in [7, 11) is 0. The van der Waals surface area contributed by atoms with Crippen LogP contribution in [-0.2, 0) is 9.59 Å². The summed E-state index contributed by atoms with van der Waals surface area (Å²) in [5, 5.41) is 5.90. The fourth-order valence-electron chi connectivity index (χ4n) is 3.24. The van der Waals surface area contributed by atoms with E-state index in [1.165, 1.54) is 0 Å². The van der Waals surface area contributed by atoms with Crippen LogP contribution >= 0.6 is 0 Å². The van der Waals surface area contributed by atoms with Gasteiger partial charge in [0.15, 0.2) is 0 Å². The molecule has 104 valence electrons. The largest absolute Gasteiger partial charge is 0.356 e. The first kappa shape index (κ1) is 15.0. The molecule has 18 heavy (non-hydrogen) atoms. The Hall–Kier alpha value is -1.06. The molecule has 2 unspecified atom stereocenters. The second-order valence-electron chi connectivity index (χ2n) is 6.16. The highest BCUT2D eigenvalue weighted by Gasteiger charge is 2.40. The number of nitrogens with one attached hydrogen (secondary N) is 2. The molecule has 0 aromatic rings. The van der Waals surface area contributed by atoms with Gasteiger partial charge in [-0.3, -0.25) is 9.59 Å². The number of amides is 2. The molecule has 0 radical (unpaired) electrons. The Morgan fingerprint density at radius 1 is 1.11 bits per heavy atom. The minimum atomic E-state index is 0.157. The first-order valence-electron chi connectivity index (χ1n) is 6.93. The molecular weight excluding hydrogens is 228 g/mol. The van der Waals surface area contributed by atoms with Crippen molar-refractivity contribution in [1.82, 2.24) is 10.6 Å². The summed E-state index contributed by atoms with van der Waals surface area (Å²) in [4.78, 5) is 21.5. The van der Waals surface area contributed by atoms with E-state index in [1.807, 2.05) is 0 Å². The predicted molar refractivity (Wildman–Crippen MR) is 72.0 cm³/mol. The molecule has 0 spiro atoms. The van der Waals surface area contributed by atoms with Crippen molar-refractivity contribution in [3.63, 3.8) is 0 Å². The summed E-state index contributed by atoms with van der Waals surface area (Å²) in [5.41, 5.74) is 0.157. The lowest BCUT2D eigenvalue weighted by Crippen LogP contribution is -2.54. The lowest BCUT2D eigenvalue weighted by Gasteiger charge is -2.45. The molecule has 4 heteroatoms. The molecule has 1 rings (SSSR count). The van der Waals surface area contributed by atoms with Crippen molar-refractivity contribution in [2.45, 2.75) is 65.0 Å². The summed E-state index contributed by atoms with van der Waals surface area (Å²) < 4.78 is 0. The average molecular weight is 254 g/mol. The van der Waals surface area contributed by atoms with E-state index in [0.29, 0.717) is 5.92 Å². The number of unbranched alkanes of at least 4 members (excludes halogenated alkanes) is 1. The van der Waals surface area contributed by atoms with Gasteiger partial charge >= 0.3 is 0 Å². The van der Waals surface area contributed by atoms with Gasteiger partial charge in [-0.1, -0.05) is 33.6 Å². The Labute approximate surface area is 110 Å². The van der Waals surface area contributed by atoms with Crippen molar-refractivity contribution in [3.8, 4) is 0 Å². The molecular formula is C14H26N2O2. The molecule has 0 bridgehead atoms. The Kier molecular flexibility index (Phi) is 5.63. The Morgan fingerprint density at radius 3 is 2.00 bits per heavy atom. The molecule has 1 aliphatic carbocycles. The van der Waals surface area contributed by atoms with Gasteiger partial charge < -0.3 is 10.6 Å². The monoisotopic (exact) mass is 254 g/mol. The van der Waals surface area contributed by atoms with Crippen molar-refractivity contribution in [2.24, 2.45) is 11.3 Å². The Balaban J connectivity index is 2.80. The number of hydrogen-bond donors (Lipinski definition) is 2. The molecule has 1 saturated carbocycles. The standard InChI is InChI=1S/C14H26N2O2/c1-4-5-6-11-12(15-9-17)7-14(2,3)8-13(11)16-10-18/h9-13H,4-8H2,1-3H3,(H,15,17)(H,16,18). The van der Waals surface area contributed by atoms with E-state index in [1.54, 1.807) is 0 Å². The van der Waals surface area contributed by atoms with Crippen LogP contribution in [0.15, 0.2) is 0 Å². The predicted octanol–water partition coefficient (Wildman–Crippen LogP) is 1.84. The fourth-order valence-corrected chi connectivity index (χ4v) is 3.24. The third-order valence-corrected chi connectivity index (χ3v) is 4.03. The van der Waals surface area contributed by atoms with Gasteiger partial charge in [0.05, 0.1) is 0 Å². The molecule has 0 aromatic heterocycles. The molecule has 2 amide bonds. The van der Waals surface area contributed by atoms with Gasteiger partial charge in [0, 0.05) is 12.1 Å². The van der Waals surface area contributed by atoms with Crippen molar-refractivity contribution in [2.75, 3.05) is 0 Å². The van der Waals surface area contributed by atoms with Gasteiger partial charge in [0.1, 0.15) is 0 Å². The van der Waals surface area contributed by atoms with E-state index in [0.717, 1.165) is 44.9 Å². The van der Waals surface area contributed by atoms with E-state index in [9.17, 15) is 9.59 Å². The van der Waals surface area contributed by atoms with Crippen molar-refractivity contribution >= 4 is 12.8 Å². The summed E-state index contributed by atoms with van der Waals surface area (Å²) in [6.07, 6.45) is 6.89. The summed E-state index contributed by atoms with van der Waals surface area (Å²) in [6, 6.07) is 0.352. The van der Waals surface area contributed by atoms with Crippen molar-refractivity contribution in [3.05, 3.63) is 0 Å². The van der Waals surface area contributed by atoms with E-state index < -0.39 is 0 Å². The van der Waals surface area contributed by atoms with Crippen LogP contribution in [0.4, 0.5) is 0 Å². The van der Waals surface area contributed by atoms with Gasteiger partial charge in [-0.25, -0.2) is 0 Å². The maximum atomic E-state index is 10.8. The lowest BCUT2D eigenvalue weighted by molar-refractivity contribution is -0.112. The zero-order chi connectivity index (χ0) is 13.6. The van der Waals surface area contributed by atoms with Crippen LogP contribution in [0.5, 0.6) is 0 Å². The molecule has 0 aliphatic heterocycles. The molecule has 2 atom stereocenters. The van der Waals surface area contributed by atoms with Crippen LogP contribution in [0.3, 0.4) is 0 Å². The Morgan fingerprint density at radius 2 is 1.61 bits per heavy atom. The van der Waals surface area contributed by atoms with Crippen molar-refractivity contribution < 1.29 is 9.59 Å². The van der Waals surface area contributed by atoms with Crippen molar-refractivity contribution in [1.29, 1.82) is 0 Å². The molecule has 4 nitrogen and oxygen atoms in total. The second-order valence-corrected chi connectivity index (χ2v) is 6.16. The highest BCUT2D eigenvalue weighted by Crippen LogP contribution is 2.40. The summed E-state index contributed by atoms with van der Waals surface area (Å²) in [5.74, 6) is 0.355. The molecule has 0 aromatic carbocycles. The van der Waals surface area contributed by atoms with Gasteiger partial charge in [0.25, 0.3) is 0 Å². The number of carbonyl (C=O) groups excluding carboxylic acids is 2. The van der Waals surface area contributed by atoms with Gasteiger partial charge in [-0.2, -0.15) is 0 Å². The molecule has 1 aliphatic rings. The minimum absolute atomic E-state index is 0.157. The average Bonchev–Trinajstić information content (AvgIpc) is 2.28. The number of carbonyl (C=O) groups is 2. The van der Waals surface area contributed by atoms with Crippen LogP contribution < -0.4 is 10.6 Å². The lowest BCUT2D eigenvalue weighted by atomic mass is 9.66. The topological polar surface area (TPSA) is 58.2 Å². The fraction of sp³-hybridized carbons (Fsp3) is 0.857. The summed E-state index contributed by atoms with van der Waals surface area (Å²) >= 11 is 0. The zero-order valence-electron chi connectivity index (χ0n) is 11.7. The quantitative estimate of drug-likeness (QED) is 0.681. The normalized spacial score (nSPS) is 30.5. The SMILES string of the molecule is CCCCC1C(NC=O)CC(C)(C)CC1NC=O. The highest BCUT2D eigenvalue weighted by molar-refractivity contribution is 5.48. The first-order chi connectivity index (χ1) is 8.54. The summed E-state index contributed by atoms with van der Waals surface area (Å²) in [6.45, 7) is 6.56. The molecule has 2 N–H and O–H groups in total. The van der Waals surface area contributed by atoms with Gasteiger partial charge in [0.2, 0.25) is 12.8 Å². The maximum absolute atomic E-state index is 10.8. The highest BCUT2D eigenvalue weighted by atomic mass is 16.1. The molecule has 0 heterocycles. The maximum Gasteiger partial charge on any atom is 0.207 e. The van der Waals surface area contributed by atoms with E-state index >= 15 is 0 Å². The third-order valence-electron chi connectivity index (χ3n) is 4.03. The van der Waals surface area contributed by atoms with Crippen LogP contribution in [0.1, 0.15) is 52.9 Å². The molecule has 1 fully saturated rings. The zero-order valence-corrected chi connectivity index (χ0v) is 11.7. The smallest absolute Gasteiger partial charge is 0.207 e. The Bertz CT molecular complexity index is 257. The first-order valence-corrected chi connectivity index (χ1v) is 6.93. The van der Waals surface area contributed by atoms with Gasteiger partial charge in [-0.05, 0) is 30.6 Å². The number of rotatable bonds is 7. The van der Waals surface area contributed by atoms with E-state index in [2.05, 4.69) is 31.4 Å². The third kappa shape index (κ3) is 4.00.